The van der Waals surface area contributed by atoms with Crippen molar-refractivity contribution in [3.05, 3.63) is 53.6 Å². The molecule has 0 aliphatic rings. The molecule has 0 unspecified atom stereocenters. The Kier molecular flexibility index (Phi) is 3.93. The Hall–Kier alpha value is -2.34. The first-order valence-electron chi connectivity index (χ1n) is 5.96. The highest BCUT2D eigenvalue weighted by atomic mass is 14.9. The SMILES string of the molecule is CC[C@@H](C=N)c1ncc(C#Cc2ccccc2)[nH]1. The van der Waals surface area contributed by atoms with E-state index < -0.39 is 0 Å². The maximum atomic E-state index is 7.32. The molecule has 0 aliphatic carbocycles. The highest BCUT2D eigenvalue weighted by Gasteiger charge is 2.08. The third-order valence-corrected chi connectivity index (χ3v) is 2.70. The van der Waals surface area contributed by atoms with Gasteiger partial charge in [0.25, 0.3) is 0 Å². The lowest BCUT2D eigenvalue weighted by Gasteiger charge is -2.02. The number of imidazole rings is 1. The number of aromatic nitrogens is 2. The topological polar surface area (TPSA) is 52.5 Å². The first-order chi connectivity index (χ1) is 8.83. The first-order valence-corrected chi connectivity index (χ1v) is 5.96. The van der Waals surface area contributed by atoms with E-state index in [0.717, 1.165) is 23.5 Å². The van der Waals surface area contributed by atoms with Gasteiger partial charge in [-0.2, -0.15) is 0 Å². The summed E-state index contributed by atoms with van der Waals surface area (Å²) in [5, 5.41) is 7.32. The van der Waals surface area contributed by atoms with Crippen molar-refractivity contribution in [1.82, 2.24) is 9.97 Å². The zero-order valence-corrected chi connectivity index (χ0v) is 10.3. The van der Waals surface area contributed by atoms with Crippen molar-refractivity contribution >= 4 is 6.21 Å². The van der Waals surface area contributed by atoms with Crippen LogP contribution in [0.3, 0.4) is 0 Å². The van der Waals surface area contributed by atoms with E-state index in [-0.39, 0.29) is 5.92 Å². The van der Waals surface area contributed by atoms with Crippen molar-refractivity contribution in [3.63, 3.8) is 0 Å². The molecule has 1 atom stereocenters. The molecule has 0 radical (unpaired) electrons. The van der Waals surface area contributed by atoms with Gasteiger partial charge in [-0.25, -0.2) is 4.98 Å². The molecule has 18 heavy (non-hydrogen) atoms. The number of benzene rings is 1. The Bertz CT molecular complexity index is 573. The fourth-order valence-corrected chi connectivity index (χ4v) is 1.64. The van der Waals surface area contributed by atoms with E-state index in [0.29, 0.717) is 0 Å². The summed E-state index contributed by atoms with van der Waals surface area (Å²) in [5.74, 6) is 6.98. The van der Waals surface area contributed by atoms with Gasteiger partial charge in [0.2, 0.25) is 0 Å². The van der Waals surface area contributed by atoms with Crippen LogP contribution in [0.1, 0.15) is 36.3 Å². The minimum atomic E-state index is 0.0530. The van der Waals surface area contributed by atoms with Crippen LogP contribution in [-0.2, 0) is 0 Å². The molecule has 1 aromatic heterocycles. The van der Waals surface area contributed by atoms with Gasteiger partial charge < -0.3 is 10.4 Å². The Morgan fingerprint density at radius 2 is 2.11 bits per heavy atom. The van der Waals surface area contributed by atoms with Crippen LogP contribution in [0.25, 0.3) is 0 Å². The zero-order valence-electron chi connectivity index (χ0n) is 10.3. The summed E-state index contributed by atoms with van der Waals surface area (Å²) >= 11 is 0. The third kappa shape index (κ3) is 2.86. The van der Waals surface area contributed by atoms with Gasteiger partial charge in [0.15, 0.2) is 0 Å². The molecular weight excluding hydrogens is 222 g/mol. The summed E-state index contributed by atoms with van der Waals surface area (Å²) in [5.41, 5.74) is 1.77. The summed E-state index contributed by atoms with van der Waals surface area (Å²) in [6.07, 6.45) is 3.99. The van der Waals surface area contributed by atoms with Crippen LogP contribution in [0.4, 0.5) is 0 Å². The van der Waals surface area contributed by atoms with Crippen LogP contribution < -0.4 is 0 Å². The number of nitrogens with zero attached hydrogens (tertiary/aromatic N) is 1. The standard InChI is InChI=1S/C15H15N3/c1-2-13(10-16)15-17-11-14(18-15)9-8-12-6-4-3-5-7-12/h3-7,10-11,13,16H,2H2,1H3,(H,17,18)/t13-/m0/s1. The molecule has 0 bridgehead atoms. The molecule has 2 N–H and O–H groups in total. The van der Waals surface area contributed by atoms with Crippen molar-refractivity contribution in [2.75, 3.05) is 0 Å². The normalized spacial score (nSPS) is 11.4. The number of aromatic amines is 1. The Morgan fingerprint density at radius 1 is 1.33 bits per heavy atom. The zero-order chi connectivity index (χ0) is 12.8. The molecule has 0 amide bonds. The van der Waals surface area contributed by atoms with Gasteiger partial charge in [0.05, 0.1) is 12.1 Å². The molecular formula is C15H15N3. The van der Waals surface area contributed by atoms with E-state index >= 15 is 0 Å². The van der Waals surface area contributed by atoms with Crippen LogP contribution in [-0.4, -0.2) is 16.2 Å². The van der Waals surface area contributed by atoms with E-state index in [1.807, 2.05) is 37.3 Å². The number of nitrogens with one attached hydrogen (secondary N) is 2. The lowest BCUT2D eigenvalue weighted by molar-refractivity contribution is 0.797. The smallest absolute Gasteiger partial charge is 0.115 e. The lowest BCUT2D eigenvalue weighted by Crippen LogP contribution is -2.00. The lowest BCUT2D eigenvalue weighted by atomic mass is 10.1. The molecule has 0 aliphatic heterocycles. The van der Waals surface area contributed by atoms with Crippen molar-refractivity contribution in [2.24, 2.45) is 0 Å². The summed E-state index contributed by atoms with van der Waals surface area (Å²) in [4.78, 5) is 7.41. The van der Waals surface area contributed by atoms with E-state index in [1.165, 1.54) is 6.21 Å². The molecule has 0 saturated heterocycles. The van der Waals surface area contributed by atoms with Gasteiger partial charge in [0, 0.05) is 11.8 Å². The predicted molar refractivity (Wildman–Crippen MR) is 72.8 cm³/mol. The molecule has 3 heteroatoms. The van der Waals surface area contributed by atoms with E-state index in [1.54, 1.807) is 6.20 Å². The average molecular weight is 237 g/mol. The minimum Gasteiger partial charge on any atom is -0.335 e. The van der Waals surface area contributed by atoms with Crippen molar-refractivity contribution < 1.29 is 0 Å². The monoisotopic (exact) mass is 237 g/mol. The maximum absolute atomic E-state index is 7.32. The van der Waals surface area contributed by atoms with Crippen molar-refractivity contribution in [2.45, 2.75) is 19.3 Å². The third-order valence-electron chi connectivity index (χ3n) is 2.70. The maximum Gasteiger partial charge on any atom is 0.115 e. The van der Waals surface area contributed by atoms with Gasteiger partial charge in [-0.3, -0.25) is 0 Å². The second-order valence-corrected chi connectivity index (χ2v) is 3.98. The van der Waals surface area contributed by atoms with E-state index in [4.69, 9.17) is 5.41 Å². The van der Waals surface area contributed by atoms with Crippen molar-refractivity contribution in [1.29, 1.82) is 5.41 Å². The minimum absolute atomic E-state index is 0.0530. The largest absolute Gasteiger partial charge is 0.335 e. The van der Waals surface area contributed by atoms with Crippen LogP contribution in [0.15, 0.2) is 36.5 Å². The van der Waals surface area contributed by atoms with Gasteiger partial charge in [-0.05, 0) is 24.5 Å². The molecule has 1 aromatic carbocycles. The second-order valence-electron chi connectivity index (χ2n) is 3.98. The van der Waals surface area contributed by atoms with E-state index in [2.05, 4.69) is 21.8 Å². The number of rotatable bonds is 3. The quantitative estimate of drug-likeness (QED) is 0.626. The van der Waals surface area contributed by atoms with Crippen LogP contribution >= 0.6 is 0 Å². The first kappa shape index (κ1) is 12.1. The van der Waals surface area contributed by atoms with Crippen LogP contribution in [0.5, 0.6) is 0 Å². The van der Waals surface area contributed by atoms with E-state index in [9.17, 15) is 0 Å². The van der Waals surface area contributed by atoms with Gasteiger partial charge in [-0.15, -0.1) is 0 Å². The fourth-order valence-electron chi connectivity index (χ4n) is 1.64. The summed E-state index contributed by atoms with van der Waals surface area (Å²) < 4.78 is 0. The van der Waals surface area contributed by atoms with Crippen LogP contribution in [0, 0.1) is 17.3 Å². The molecule has 2 rings (SSSR count). The molecule has 0 fully saturated rings. The molecule has 0 saturated carbocycles. The van der Waals surface area contributed by atoms with Gasteiger partial charge in [0.1, 0.15) is 11.5 Å². The summed E-state index contributed by atoms with van der Waals surface area (Å²) in [6.45, 7) is 2.04. The fraction of sp³-hybridized carbons (Fsp3) is 0.200. The molecule has 3 nitrogen and oxygen atoms in total. The second kappa shape index (κ2) is 5.83. The van der Waals surface area contributed by atoms with Gasteiger partial charge >= 0.3 is 0 Å². The predicted octanol–water partition coefficient (Wildman–Crippen LogP) is 2.95. The molecule has 2 aromatic rings. The van der Waals surface area contributed by atoms with Gasteiger partial charge in [-0.1, -0.05) is 31.0 Å². The van der Waals surface area contributed by atoms with Crippen LogP contribution in [0.2, 0.25) is 0 Å². The summed E-state index contributed by atoms with van der Waals surface area (Å²) in [6, 6.07) is 9.83. The average Bonchev–Trinajstić information content (AvgIpc) is 2.88. The number of hydrogen-bond acceptors (Lipinski definition) is 2. The summed E-state index contributed by atoms with van der Waals surface area (Å²) in [7, 11) is 0. The van der Waals surface area contributed by atoms with Crippen molar-refractivity contribution in [3.8, 4) is 11.8 Å². The highest BCUT2D eigenvalue weighted by Crippen LogP contribution is 2.12. The Balaban J connectivity index is 2.17. The molecule has 0 spiro atoms. The molecule has 1 heterocycles. The number of hydrogen-bond donors (Lipinski definition) is 2. The molecule has 90 valence electrons. The highest BCUT2D eigenvalue weighted by molar-refractivity contribution is 5.62. The Morgan fingerprint density at radius 3 is 2.78 bits per heavy atom. The number of H-pyrrole nitrogens is 1. The Labute approximate surface area is 107 Å².